The summed E-state index contributed by atoms with van der Waals surface area (Å²) >= 11 is 0. The number of carbonyl (C=O) groups is 1. The fourth-order valence-corrected chi connectivity index (χ4v) is 2.00. The first-order chi connectivity index (χ1) is 10.7. The van der Waals surface area contributed by atoms with E-state index < -0.39 is 0 Å². The first-order valence-corrected chi connectivity index (χ1v) is 6.65. The molecule has 0 atom stereocenters. The normalized spacial score (nSPS) is 9.36. The predicted octanol–water partition coefficient (Wildman–Crippen LogP) is 2.98. The van der Waals surface area contributed by atoms with Crippen LogP contribution in [0.5, 0.6) is 11.5 Å². The zero-order valence-corrected chi connectivity index (χ0v) is 11.9. The van der Waals surface area contributed by atoms with Crippen molar-refractivity contribution in [3.8, 4) is 36.6 Å². The number of ketones is 1. The number of benzene rings is 2. The van der Waals surface area contributed by atoms with Crippen molar-refractivity contribution in [2.75, 3.05) is 0 Å². The number of Topliss-reactive ketones (excluding diaryl/α,β-unsaturated/α-hetero) is 1. The van der Waals surface area contributed by atoms with Crippen LogP contribution >= 0.6 is 0 Å². The second-order valence-corrected chi connectivity index (χ2v) is 4.62. The van der Waals surface area contributed by atoms with Gasteiger partial charge in [0, 0.05) is 12.8 Å². The van der Waals surface area contributed by atoms with Gasteiger partial charge in [0.15, 0.2) is 0 Å². The van der Waals surface area contributed by atoms with Crippen molar-refractivity contribution in [1.29, 1.82) is 0 Å². The van der Waals surface area contributed by atoms with Gasteiger partial charge in [-0.3, -0.25) is 4.79 Å². The van der Waals surface area contributed by atoms with Gasteiger partial charge in [-0.15, -0.1) is 0 Å². The summed E-state index contributed by atoms with van der Waals surface area (Å²) in [6, 6.07) is 14.3. The standard InChI is InChI=1S/C19H14O3/c1-3-21-18-9-5-15(6-10-18)13-17(20)14-16-7-11-19(12-8-16)22-4-2/h1-2,5-12H,13-14H2. The Morgan fingerprint density at radius 3 is 1.45 bits per heavy atom. The van der Waals surface area contributed by atoms with Gasteiger partial charge in [-0.05, 0) is 35.4 Å². The summed E-state index contributed by atoms with van der Waals surface area (Å²) in [7, 11) is 0. The minimum Gasteiger partial charge on any atom is -0.408 e. The molecule has 0 aliphatic rings. The molecule has 2 rings (SSSR count). The van der Waals surface area contributed by atoms with E-state index in [2.05, 4.69) is 12.2 Å². The number of hydrogen-bond acceptors (Lipinski definition) is 3. The van der Waals surface area contributed by atoms with Gasteiger partial charge >= 0.3 is 0 Å². The summed E-state index contributed by atoms with van der Waals surface area (Å²) < 4.78 is 9.82. The van der Waals surface area contributed by atoms with E-state index in [-0.39, 0.29) is 5.78 Å². The summed E-state index contributed by atoms with van der Waals surface area (Å²) in [6.07, 6.45) is 15.0. The molecule has 0 bridgehead atoms. The first kappa shape index (κ1) is 15.2. The van der Waals surface area contributed by atoms with Crippen LogP contribution < -0.4 is 9.47 Å². The maximum atomic E-state index is 12.1. The van der Waals surface area contributed by atoms with Gasteiger partial charge in [0.1, 0.15) is 29.5 Å². The zero-order chi connectivity index (χ0) is 15.8. The van der Waals surface area contributed by atoms with Gasteiger partial charge < -0.3 is 9.47 Å². The topological polar surface area (TPSA) is 35.5 Å². The highest BCUT2D eigenvalue weighted by atomic mass is 16.5. The van der Waals surface area contributed by atoms with Crippen molar-refractivity contribution >= 4 is 5.78 Å². The highest BCUT2D eigenvalue weighted by Gasteiger charge is 2.06. The van der Waals surface area contributed by atoms with Crippen LogP contribution in [0.25, 0.3) is 0 Å². The second kappa shape index (κ2) is 7.57. The Balaban J connectivity index is 1.92. The van der Waals surface area contributed by atoms with Crippen molar-refractivity contribution in [3.63, 3.8) is 0 Å². The number of terminal acetylenes is 2. The van der Waals surface area contributed by atoms with E-state index in [9.17, 15) is 4.79 Å². The van der Waals surface area contributed by atoms with Crippen molar-refractivity contribution in [1.82, 2.24) is 0 Å². The summed E-state index contributed by atoms with van der Waals surface area (Å²) in [5.74, 6) is 1.29. The highest BCUT2D eigenvalue weighted by molar-refractivity contribution is 5.83. The van der Waals surface area contributed by atoms with Crippen molar-refractivity contribution < 1.29 is 14.3 Å². The average molecular weight is 290 g/mol. The Morgan fingerprint density at radius 1 is 0.773 bits per heavy atom. The quantitative estimate of drug-likeness (QED) is 0.767. The van der Waals surface area contributed by atoms with Gasteiger partial charge in [-0.25, -0.2) is 0 Å². The Labute approximate surface area is 129 Å². The number of ether oxygens (including phenoxy) is 2. The zero-order valence-electron chi connectivity index (χ0n) is 11.9. The van der Waals surface area contributed by atoms with Crippen LogP contribution in [0.2, 0.25) is 0 Å². The molecule has 0 radical (unpaired) electrons. The lowest BCUT2D eigenvalue weighted by Gasteiger charge is -2.04. The van der Waals surface area contributed by atoms with Crippen LogP contribution in [0.1, 0.15) is 11.1 Å². The molecule has 0 unspecified atom stereocenters. The number of carbonyl (C=O) groups excluding carboxylic acids is 1. The highest BCUT2D eigenvalue weighted by Crippen LogP contribution is 2.15. The Bertz CT molecular complexity index is 650. The Morgan fingerprint density at radius 2 is 1.14 bits per heavy atom. The molecule has 0 spiro atoms. The minimum atomic E-state index is 0.122. The van der Waals surface area contributed by atoms with Crippen LogP contribution in [0, 0.1) is 25.1 Å². The Kier molecular flexibility index (Phi) is 5.24. The first-order valence-electron chi connectivity index (χ1n) is 6.65. The second-order valence-electron chi connectivity index (χ2n) is 4.62. The monoisotopic (exact) mass is 290 g/mol. The molecule has 108 valence electrons. The fraction of sp³-hybridized carbons (Fsp3) is 0.105. The summed E-state index contributed by atoms with van der Waals surface area (Å²) in [5.41, 5.74) is 1.84. The SMILES string of the molecule is C#COc1ccc(CC(=O)Cc2ccc(OC#C)cc2)cc1. The molecule has 22 heavy (non-hydrogen) atoms. The molecule has 0 heterocycles. The molecule has 0 fully saturated rings. The van der Waals surface area contributed by atoms with Gasteiger partial charge in [0.2, 0.25) is 0 Å². The number of hydrogen-bond donors (Lipinski definition) is 0. The lowest BCUT2D eigenvalue weighted by Crippen LogP contribution is -2.06. The smallest absolute Gasteiger partial charge is 0.141 e. The van der Waals surface area contributed by atoms with Crippen molar-refractivity contribution in [2.24, 2.45) is 0 Å². The van der Waals surface area contributed by atoms with Crippen LogP contribution in [-0.2, 0) is 17.6 Å². The Hall–Kier alpha value is -3.17. The van der Waals surface area contributed by atoms with Gasteiger partial charge in [-0.1, -0.05) is 37.1 Å². The lowest BCUT2D eigenvalue weighted by atomic mass is 10.0. The molecule has 0 saturated heterocycles. The van der Waals surface area contributed by atoms with Gasteiger partial charge in [-0.2, -0.15) is 0 Å². The molecule has 0 aromatic heterocycles. The maximum absolute atomic E-state index is 12.1. The average Bonchev–Trinajstić information content (AvgIpc) is 2.52. The maximum Gasteiger partial charge on any atom is 0.141 e. The van der Waals surface area contributed by atoms with E-state index in [1.54, 1.807) is 24.3 Å². The van der Waals surface area contributed by atoms with Crippen LogP contribution in [-0.4, -0.2) is 5.78 Å². The molecule has 0 amide bonds. The van der Waals surface area contributed by atoms with Crippen LogP contribution in [0.3, 0.4) is 0 Å². The molecule has 3 heteroatoms. The van der Waals surface area contributed by atoms with Crippen LogP contribution in [0.4, 0.5) is 0 Å². The predicted molar refractivity (Wildman–Crippen MR) is 84.2 cm³/mol. The van der Waals surface area contributed by atoms with Gasteiger partial charge in [0.05, 0.1) is 0 Å². The minimum absolute atomic E-state index is 0.122. The van der Waals surface area contributed by atoms with Gasteiger partial charge in [0.25, 0.3) is 0 Å². The third-order valence-corrected chi connectivity index (χ3v) is 3.00. The largest absolute Gasteiger partial charge is 0.408 e. The van der Waals surface area contributed by atoms with E-state index in [4.69, 9.17) is 22.3 Å². The third kappa shape index (κ3) is 4.44. The van der Waals surface area contributed by atoms with E-state index in [0.29, 0.717) is 24.3 Å². The third-order valence-electron chi connectivity index (χ3n) is 3.00. The van der Waals surface area contributed by atoms with E-state index in [1.165, 1.54) is 0 Å². The molecular formula is C19H14O3. The molecular weight excluding hydrogens is 276 g/mol. The van der Waals surface area contributed by atoms with E-state index in [0.717, 1.165) is 11.1 Å². The molecule has 0 aliphatic carbocycles. The molecule has 0 aliphatic heterocycles. The van der Waals surface area contributed by atoms with Crippen LogP contribution in [0.15, 0.2) is 48.5 Å². The van der Waals surface area contributed by atoms with E-state index >= 15 is 0 Å². The summed E-state index contributed by atoms with van der Waals surface area (Å²) in [4.78, 5) is 12.1. The summed E-state index contributed by atoms with van der Waals surface area (Å²) in [6.45, 7) is 0. The molecule has 2 aromatic rings. The lowest BCUT2D eigenvalue weighted by molar-refractivity contribution is -0.117. The van der Waals surface area contributed by atoms with Crippen molar-refractivity contribution in [2.45, 2.75) is 12.8 Å². The molecule has 2 aromatic carbocycles. The number of rotatable bonds is 6. The fourth-order valence-electron chi connectivity index (χ4n) is 2.00. The molecule has 0 saturated carbocycles. The van der Waals surface area contributed by atoms with E-state index in [1.807, 2.05) is 24.3 Å². The molecule has 3 nitrogen and oxygen atoms in total. The van der Waals surface area contributed by atoms with Crippen molar-refractivity contribution in [3.05, 3.63) is 59.7 Å². The molecule has 0 N–H and O–H groups in total. The summed E-state index contributed by atoms with van der Waals surface area (Å²) in [5, 5.41) is 0.